The van der Waals surface area contributed by atoms with E-state index in [9.17, 15) is 14.9 Å². The van der Waals surface area contributed by atoms with Crippen LogP contribution < -0.4 is 0 Å². The van der Waals surface area contributed by atoms with E-state index in [1.807, 2.05) is 0 Å². The number of hydrogen-bond acceptors (Lipinski definition) is 6. The molecule has 22 heavy (non-hydrogen) atoms. The van der Waals surface area contributed by atoms with Gasteiger partial charge in [-0.1, -0.05) is 11.2 Å². The van der Waals surface area contributed by atoms with E-state index >= 15 is 0 Å². The summed E-state index contributed by atoms with van der Waals surface area (Å²) in [7, 11) is 0. The van der Waals surface area contributed by atoms with Crippen LogP contribution in [0.5, 0.6) is 0 Å². The lowest BCUT2D eigenvalue weighted by atomic mass is 10.1. The molecule has 1 aromatic heterocycles. The van der Waals surface area contributed by atoms with E-state index in [0.29, 0.717) is 18.3 Å². The third kappa shape index (κ3) is 2.54. The maximum absolute atomic E-state index is 12.6. The van der Waals surface area contributed by atoms with Gasteiger partial charge in [-0.15, -0.1) is 0 Å². The van der Waals surface area contributed by atoms with Crippen molar-refractivity contribution in [3.8, 4) is 0 Å². The summed E-state index contributed by atoms with van der Waals surface area (Å²) in [6, 6.07) is 5.46. The number of rotatable bonds is 3. The minimum Gasteiger partial charge on any atom is -0.337 e. The van der Waals surface area contributed by atoms with Crippen LogP contribution >= 0.6 is 0 Å². The Morgan fingerprint density at radius 1 is 1.50 bits per heavy atom. The van der Waals surface area contributed by atoms with Crippen molar-refractivity contribution >= 4 is 11.6 Å². The minimum absolute atomic E-state index is 0.102. The van der Waals surface area contributed by atoms with Crippen molar-refractivity contribution in [2.75, 3.05) is 6.54 Å². The Hall–Kier alpha value is -2.77. The van der Waals surface area contributed by atoms with Gasteiger partial charge in [0.15, 0.2) is 5.82 Å². The fourth-order valence-corrected chi connectivity index (χ4v) is 2.63. The summed E-state index contributed by atoms with van der Waals surface area (Å²) < 4.78 is 5.16. The van der Waals surface area contributed by atoms with Gasteiger partial charge in [-0.25, -0.2) is 0 Å². The molecule has 0 radical (unpaired) electrons. The predicted octanol–water partition coefficient (Wildman–Crippen LogP) is 2.26. The van der Waals surface area contributed by atoms with Gasteiger partial charge in [0.05, 0.1) is 4.92 Å². The molecule has 8 heteroatoms. The van der Waals surface area contributed by atoms with Gasteiger partial charge in [-0.05, 0) is 25.8 Å². The third-order valence-corrected chi connectivity index (χ3v) is 3.65. The van der Waals surface area contributed by atoms with Crippen LogP contribution in [0.15, 0.2) is 28.8 Å². The van der Waals surface area contributed by atoms with E-state index < -0.39 is 4.92 Å². The van der Waals surface area contributed by atoms with Gasteiger partial charge in [-0.2, -0.15) is 4.98 Å². The number of nitro groups is 1. The zero-order chi connectivity index (χ0) is 15.7. The Morgan fingerprint density at radius 2 is 2.32 bits per heavy atom. The molecule has 0 aliphatic carbocycles. The van der Waals surface area contributed by atoms with E-state index in [2.05, 4.69) is 10.1 Å². The molecule has 0 N–H and O–H groups in total. The van der Waals surface area contributed by atoms with E-state index in [1.165, 1.54) is 18.2 Å². The lowest BCUT2D eigenvalue weighted by Gasteiger charge is -2.21. The Balaban J connectivity index is 1.87. The Morgan fingerprint density at radius 3 is 3.00 bits per heavy atom. The monoisotopic (exact) mass is 302 g/mol. The van der Waals surface area contributed by atoms with Crippen molar-refractivity contribution in [1.82, 2.24) is 15.0 Å². The minimum atomic E-state index is -0.514. The Bertz CT molecular complexity index is 727. The van der Waals surface area contributed by atoms with Crippen LogP contribution in [0.4, 0.5) is 5.69 Å². The van der Waals surface area contributed by atoms with Gasteiger partial charge in [0, 0.05) is 24.2 Å². The summed E-state index contributed by atoms with van der Waals surface area (Å²) in [5.74, 6) is 0.667. The molecule has 114 valence electrons. The molecule has 1 atom stereocenters. The van der Waals surface area contributed by atoms with Crippen molar-refractivity contribution in [2.45, 2.75) is 25.8 Å². The zero-order valence-corrected chi connectivity index (χ0v) is 11.9. The lowest BCUT2D eigenvalue weighted by molar-refractivity contribution is -0.384. The smallest absolute Gasteiger partial charge is 0.270 e. The normalized spacial score (nSPS) is 17.7. The number of carbonyl (C=O) groups excluding carboxylic acids is 1. The first kappa shape index (κ1) is 14.2. The second-order valence-electron chi connectivity index (χ2n) is 5.14. The Labute approximate surface area is 125 Å². The molecule has 1 aliphatic rings. The largest absolute Gasteiger partial charge is 0.337 e. The standard InChI is InChI=1S/C14H14N4O4/c1-9-15-13(22-16-9)12-6-3-7-17(12)14(19)10-4-2-5-11(8-10)18(20)21/h2,4-5,8,12H,3,6-7H2,1H3. The van der Waals surface area contributed by atoms with E-state index in [1.54, 1.807) is 17.9 Å². The molecule has 1 amide bonds. The molecular weight excluding hydrogens is 288 g/mol. The van der Waals surface area contributed by atoms with Crippen molar-refractivity contribution in [1.29, 1.82) is 0 Å². The van der Waals surface area contributed by atoms with E-state index in [-0.39, 0.29) is 23.2 Å². The van der Waals surface area contributed by atoms with Crippen molar-refractivity contribution < 1.29 is 14.2 Å². The number of hydrogen-bond donors (Lipinski definition) is 0. The molecule has 0 spiro atoms. The number of amides is 1. The number of nitro benzene ring substituents is 1. The summed E-state index contributed by atoms with van der Waals surface area (Å²) in [6.45, 7) is 2.28. The summed E-state index contributed by atoms with van der Waals surface area (Å²) in [5, 5.41) is 14.6. The highest BCUT2D eigenvalue weighted by Gasteiger charge is 2.34. The second kappa shape index (κ2) is 5.55. The van der Waals surface area contributed by atoms with Crippen LogP contribution in [0.25, 0.3) is 0 Å². The SMILES string of the molecule is Cc1noc(C2CCCN2C(=O)c2cccc([N+](=O)[O-])c2)n1. The fraction of sp³-hybridized carbons (Fsp3) is 0.357. The Kier molecular flexibility index (Phi) is 3.58. The highest BCUT2D eigenvalue weighted by atomic mass is 16.6. The average molecular weight is 302 g/mol. The van der Waals surface area contributed by atoms with Crippen LogP contribution in [-0.2, 0) is 0 Å². The van der Waals surface area contributed by atoms with Gasteiger partial charge in [0.1, 0.15) is 6.04 Å². The van der Waals surface area contributed by atoms with Gasteiger partial charge in [0.25, 0.3) is 11.6 Å². The number of carbonyl (C=O) groups is 1. The van der Waals surface area contributed by atoms with Crippen molar-refractivity contribution in [3.63, 3.8) is 0 Å². The number of likely N-dealkylation sites (tertiary alicyclic amines) is 1. The average Bonchev–Trinajstić information content (AvgIpc) is 3.15. The molecule has 0 saturated carbocycles. The maximum atomic E-state index is 12.6. The number of nitrogens with zero attached hydrogens (tertiary/aromatic N) is 4. The molecule has 8 nitrogen and oxygen atoms in total. The molecule has 0 bridgehead atoms. The summed E-state index contributed by atoms with van der Waals surface area (Å²) in [5.41, 5.74) is 0.188. The highest BCUT2D eigenvalue weighted by molar-refractivity contribution is 5.95. The molecule has 2 heterocycles. The summed E-state index contributed by atoms with van der Waals surface area (Å²) >= 11 is 0. The number of benzene rings is 1. The number of non-ortho nitro benzene ring substituents is 1. The van der Waals surface area contributed by atoms with Gasteiger partial charge in [0.2, 0.25) is 5.89 Å². The summed E-state index contributed by atoms with van der Waals surface area (Å²) in [4.78, 5) is 28.8. The topological polar surface area (TPSA) is 102 Å². The first-order valence-electron chi connectivity index (χ1n) is 6.92. The fourth-order valence-electron chi connectivity index (χ4n) is 2.63. The van der Waals surface area contributed by atoms with E-state index in [0.717, 1.165) is 12.8 Å². The quantitative estimate of drug-likeness (QED) is 0.636. The van der Waals surface area contributed by atoms with Crippen LogP contribution in [0.2, 0.25) is 0 Å². The van der Waals surface area contributed by atoms with Crippen molar-refractivity contribution in [3.05, 3.63) is 51.7 Å². The second-order valence-corrected chi connectivity index (χ2v) is 5.14. The van der Waals surface area contributed by atoms with Crippen LogP contribution in [0.1, 0.15) is 41.0 Å². The summed E-state index contributed by atoms with van der Waals surface area (Å²) in [6.07, 6.45) is 1.56. The molecule has 3 rings (SSSR count). The molecular formula is C14H14N4O4. The highest BCUT2D eigenvalue weighted by Crippen LogP contribution is 2.32. The van der Waals surface area contributed by atoms with Crippen LogP contribution in [0.3, 0.4) is 0 Å². The van der Waals surface area contributed by atoms with Gasteiger partial charge < -0.3 is 9.42 Å². The lowest BCUT2D eigenvalue weighted by Crippen LogP contribution is -2.30. The third-order valence-electron chi connectivity index (χ3n) is 3.65. The van der Waals surface area contributed by atoms with Crippen LogP contribution in [-0.4, -0.2) is 32.4 Å². The maximum Gasteiger partial charge on any atom is 0.270 e. The molecule has 1 aliphatic heterocycles. The first-order valence-corrected chi connectivity index (χ1v) is 6.92. The van der Waals surface area contributed by atoms with Crippen molar-refractivity contribution in [2.24, 2.45) is 0 Å². The van der Waals surface area contributed by atoms with Gasteiger partial charge in [-0.3, -0.25) is 14.9 Å². The van der Waals surface area contributed by atoms with Gasteiger partial charge >= 0.3 is 0 Å². The molecule has 2 aromatic rings. The molecule has 1 aromatic carbocycles. The number of aryl methyl sites for hydroxylation is 1. The number of aromatic nitrogens is 2. The van der Waals surface area contributed by atoms with Crippen LogP contribution in [0, 0.1) is 17.0 Å². The predicted molar refractivity (Wildman–Crippen MR) is 75.1 cm³/mol. The molecule has 1 fully saturated rings. The van der Waals surface area contributed by atoms with E-state index in [4.69, 9.17) is 4.52 Å². The molecule has 1 saturated heterocycles. The zero-order valence-electron chi connectivity index (χ0n) is 11.9. The first-order chi connectivity index (χ1) is 10.6. The molecule has 1 unspecified atom stereocenters.